The van der Waals surface area contributed by atoms with Gasteiger partial charge in [-0.3, -0.25) is 29.4 Å². The van der Waals surface area contributed by atoms with E-state index in [-0.39, 0.29) is 36.8 Å². The van der Waals surface area contributed by atoms with Gasteiger partial charge in [-0.1, -0.05) is 120 Å². The van der Waals surface area contributed by atoms with Crippen LogP contribution in [0.25, 0.3) is 0 Å². The van der Waals surface area contributed by atoms with E-state index in [1.165, 1.54) is 60.1 Å². The van der Waals surface area contributed by atoms with Crippen molar-refractivity contribution >= 4 is 63.4 Å². The Morgan fingerprint density at radius 2 is 1.00 bits per heavy atom. The highest BCUT2D eigenvalue weighted by atomic mass is 79.9. The molecule has 12 heteroatoms. The zero-order chi connectivity index (χ0) is 47.0. The van der Waals surface area contributed by atoms with Gasteiger partial charge in [0.1, 0.15) is 0 Å². The van der Waals surface area contributed by atoms with Crippen molar-refractivity contribution in [3.63, 3.8) is 0 Å². The molecule has 2 aliphatic carbocycles. The number of carbonyl (C=O) groups is 4. The topological polar surface area (TPSA) is 144 Å². The van der Waals surface area contributed by atoms with Crippen LogP contribution in [0.5, 0.6) is 0 Å². The van der Waals surface area contributed by atoms with Crippen molar-refractivity contribution in [1.82, 2.24) is 10.2 Å². The van der Waals surface area contributed by atoms with Crippen LogP contribution in [0, 0.1) is 0 Å². The molecule has 2 atom stereocenters. The molecule has 2 aliphatic heterocycles. The van der Waals surface area contributed by atoms with Crippen LogP contribution in [0.2, 0.25) is 0 Å². The molecule has 65 heavy (non-hydrogen) atoms. The van der Waals surface area contributed by atoms with Crippen LogP contribution in [0.4, 0.5) is 0 Å². The summed E-state index contributed by atoms with van der Waals surface area (Å²) in [7, 11) is 0.422. The molecule has 0 radical (unpaired) electrons. The normalized spacial score (nSPS) is 19.1. The standard InChI is InChI=1S/C20H18BrNO3.C13H17BrO2.C12H27P.C8H5NO2/c21-17-7-3-4-13-12-20(25,9-8-14(13)17)10-11-22-18(23)15-5-1-2-6-16(15)19(22)24;14-12-4-1-3-10-9-13(16,6-2-8-15)7-5-11(10)12;1-4-7-10-13(11-8-5-2)12-9-6-3;10-7-5-3-1-2-4-6(5)8(11)9-7/h1-7,25H,8-12H2;1,3-4,15-16H,2,5-9H2;4-12H2,1-3H3;1-4H,(H,9,10,11). The van der Waals surface area contributed by atoms with Gasteiger partial charge in [0, 0.05) is 34.9 Å². The fraction of sp³-hybridized carbons (Fsp3) is 0.472. The Bertz CT molecular complexity index is 2170. The smallest absolute Gasteiger partial charge is 0.261 e. The van der Waals surface area contributed by atoms with Crippen LogP contribution in [0.1, 0.15) is 155 Å². The van der Waals surface area contributed by atoms with Crippen molar-refractivity contribution in [2.24, 2.45) is 0 Å². The van der Waals surface area contributed by atoms with Gasteiger partial charge in [-0.25, -0.2) is 0 Å². The van der Waals surface area contributed by atoms with Crippen molar-refractivity contribution in [3.8, 4) is 0 Å². The first-order valence-corrected chi connectivity index (χ1v) is 27.0. The number of imide groups is 2. The van der Waals surface area contributed by atoms with E-state index in [0.717, 1.165) is 33.8 Å². The molecule has 0 aromatic heterocycles. The summed E-state index contributed by atoms with van der Waals surface area (Å²) in [4.78, 5) is 48.0. The zero-order valence-corrected chi connectivity index (χ0v) is 42.4. The third-order valence-electron chi connectivity index (χ3n) is 12.8. The molecule has 0 spiro atoms. The number of benzene rings is 4. The van der Waals surface area contributed by atoms with Gasteiger partial charge < -0.3 is 15.3 Å². The molecule has 4 aromatic carbocycles. The molecule has 4 N–H and O–H groups in total. The summed E-state index contributed by atoms with van der Waals surface area (Å²) in [6.45, 7) is 7.34. The van der Waals surface area contributed by atoms with E-state index >= 15 is 0 Å². The highest BCUT2D eigenvalue weighted by Crippen LogP contribution is 2.39. The van der Waals surface area contributed by atoms with Gasteiger partial charge in [0.05, 0.1) is 33.5 Å². The number of aliphatic hydroxyl groups excluding tert-OH is 1. The second-order valence-corrected chi connectivity index (χ2v) is 22.1. The summed E-state index contributed by atoms with van der Waals surface area (Å²) in [6.07, 6.45) is 19.4. The molecule has 8 rings (SSSR count). The van der Waals surface area contributed by atoms with Gasteiger partial charge in [0.15, 0.2) is 0 Å². The average molecular weight is 1030 g/mol. The number of halogens is 2. The lowest BCUT2D eigenvalue weighted by Crippen LogP contribution is -2.41. The number of amides is 4. The molecular weight excluding hydrogens is 967 g/mol. The van der Waals surface area contributed by atoms with Gasteiger partial charge in [0.25, 0.3) is 23.6 Å². The van der Waals surface area contributed by atoms with Crippen LogP contribution in [0.3, 0.4) is 0 Å². The number of hydrogen-bond donors (Lipinski definition) is 4. The molecule has 350 valence electrons. The minimum atomic E-state index is -0.886. The zero-order valence-electron chi connectivity index (χ0n) is 38.4. The van der Waals surface area contributed by atoms with Crippen LogP contribution in [0.15, 0.2) is 93.9 Å². The fourth-order valence-electron chi connectivity index (χ4n) is 8.89. The Hall–Kier alpha value is -3.57. The summed E-state index contributed by atoms with van der Waals surface area (Å²) in [5, 5.41) is 32.4. The van der Waals surface area contributed by atoms with E-state index in [9.17, 15) is 29.4 Å². The molecule has 0 bridgehead atoms. The first-order valence-electron chi connectivity index (χ1n) is 23.5. The van der Waals surface area contributed by atoms with E-state index < -0.39 is 11.2 Å². The van der Waals surface area contributed by atoms with Gasteiger partial charge in [-0.2, -0.15) is 0 Å². The van der Waals surface area contributed by atoms with Gasteiger partial charge >= 0.3 is 0 Å². The monoisotopic (exact) mass is 1030 g/mol. The second-order valence-electron chi connectivity index (χ2n) is 17.7. The third-order valence-corrected chi connectivity index (χ3v) is 17.1. The minimum Gasteiger partial charge on any atom is -0.396 e. The first-order chi connectivity index (χ1) is 31.3. The number of hydrogen-bond acceptors (Lipinski definition) is 7. The fourth-order valence-corrected chi connectivity index (χ4v) is 13.1. The molecule has 2 unspecified atom stereocenters. The third kappa shape index (κ3) is 14.5. The lowest BCUT2D eigenvalue weighted by atomic mass is 9.78. The van der Waals surface area contributed by atoms with Crippen LogP contribution in [-0.4, -0.2) is 86.7 Å². The Kier molecular flexibility index (Phi) is 20.6. The van der Waals surface area contributed by atoms with E-state index in [2.05, 4.69) is 70.1 Å². The van der Waals surface area contributed by atoms with E-state index in [1.807, 2.05) is 24.3 Å². The van der Waals surface area contributed by atoms with Crippen molar-refractivity contribution in [2.45, 2.75) is 128 Å². The van der Waals surface area contributed by atoms with Crippen LogP contribution >= 0.6 is 39.8 Å². The molecule has 4 aliphatic rings. The lowest BCUT2D eigenvalue weighted by molar-refractivity contribution is 0.0102. The molecule has 4 amide bonds. The Morgan fingerprint density at radius 3 is 1.42 bits per heavy atom. The predicted molar refractivity (Wildman–Crippen MR) is 269 cm³/mol. The maximum atomic E-state index is 12.4. The summed E-state index contributed by atoms with van der Waals surface area (Å²) >= 11 is 7.12. The minimum absolute atomic E-state index is 0.160. The van der Waals surface area contributed by atoms with E-state index in [1.54, 1.807) is 67.0 Å². The number of nitrogens with zero attached hydrogens (tertiary/aromatic N) is 1. The van der Waals surface area contributed by atoms with E-state index in [0.29, 0.717) is 68.7 Å². The van der Waals surface area contributed by atoms with Gasteiger partial charge in [-0.15, -0.1) is 7.92 Å². The summed E-state index contributed by atoms with van der Waals surface area (Å²) < 4.78 is 2.22. The number of aliphatic hydroxyl groups is 3. The van der Waals surface area contributed by atoms with Crippen molar-refractivity contribution in [2.75, 3.05) is 31.6 Å². The van der Waals surface area contributed by atoms with Crippen LogP contribution < -0.4 is 5.32 Å². The number of rotatable bonds is 15. The summed E-state index contributed by atoms with van der Waals surface area (Å²) in [5.74, 6) is -1.12. The summed E-state index contributed by atoms with van der Waals surface area (Å²) in [5.41, 5.74) is 5.29. The van der Waals surface area contributed by atoms with Gasteiger partial charge in [-0.05, 0) is 141 Å². The number of unbranched alkanes of at least 4 members (excludes halogenated alkanes) is 3. The number of nitrogens with one attached hydrogen (secondary N) is 1. The predicted octanol–water partition coefficient (Wildman–Crippen LogP) is 11.2. The quantitative estimate of drug-likeness (QED) is 0.0685. The van der Waals surface area contributed by atoms with Crippen molar-refractivity contribution in [1.29, 1.82) is 0 Å². The first kappa shape index (κ1) is 52.4. The molecule has 0 saturated carbocycles. The largest absolute Gasteiger partial charge is 0.396 e. The Labute approximate surface area is 404 Å². The highest BCUT2D eigenvalue weighted by Gasteiger charge is 2.39. The molecule has 9 nitrogen and oxygen atoms in total. The van der Waals surface area contributed by atoms with Crippen molar-refractivity contribution < 1.29 is 34.5 Å². The Morgan fingerprint density at radius 1 is 0.585 bits per heavy atom. The Balaban J connectivity index is 0.000000172. The molecule has 4 aromatic rings. The maximum absolute atomic E-state index is 12.4. The maximum Gasteiger partial charge on any atom is 0.261 e. The number of fused-ring (bicyclic) bond motifs is 4. The average Bonchev–Trinajstić information content (AvgIpc) is 3.74. The van der Waals surface area contributed by atoms with Crippen LogP contribution in [-0.2, 0) is 25.7 Å². The molecule has 0 fully saturated rings. The molecule has 2 heterocycles. The van der Waals surface area contributed by atoms with E-state index in [4.69, 9.17) is 5.11 Å². The second kappa shape index (κ2) is 25.5. The highest BCUT2D eigenvalue weighted by molar-refractivity contribution is 9.10. The SMILES string of the molecule is CCCCP(CCCC)CCCC.O=C1NC(=O)c2ccccc21.O=C1c2ccccc2C(=O)N1CCC1(O)CCc2c(Br)cccc2C1.OCCCC1(O)CCc2c(Br)cccc2C1. The lowest BCUT2D eigenvalue weighted by Gasteiger charge is -2.35. The van der Waals surface area contributed by atoms with Crippen molar-refractivity contribution in [3.05, 3.63) is 138 Å². The summed E-state index contributed by atoms with van der Waals surface area (Å²) in [6, 6.07) is 25.8. The molecule has 0 saturated heterocycles. The molecular formula is C53H67Br2N2O7P. The van der Waals surface area contributed by atoms with Gasteiger partial charge in [0.2, 0.25) is 0 Å². The number of carbonyl (C=O) groups excluding carboxylic acids is 4.